The fourth-order valence-corrected chi connectivity index (χ4v) is 3.75. The molecule has 88 valence electrons. The molecule has 0 aromatic heterocycles. The topological polar surface area (TPSA) is 91.7 Å². The molecule has 0 amide bonds. The molecule has 1 heterocycles. The molecular weight excluding hydrogens is 220 g/mol. The van der Waals surface area contributed by atoms with Gasteiger partial charge in [0.1, 0.15) is 0 Å². The summed E-state index contributed by atoms with van der Waals surface area (Å²) >= 11 is 0. The van der Waals surface area contributed by atoms with Gasteiger partial charge in [-0.3, -0.25) is 4.79 Å². The normalized spacial score (nSPS) is 31.1. The van der Waals surface area contributed by atoms with Crippen molar-refractivity contribution in [2.45, 2.75) is 32.3 Å². The van der Waals surface area contributed by atoms with Crippen LogP contribution in [-0.4, -0.2) is 41.7 Å². The summed E-state index contributed by atoms with van der Waals surface area (Å²) in [4.78, 5) is 11.0. The van der Waals surface area contributed by atoms with Crippen LogP contribution in [-0.2, 0) is 14.6 Å². The second kappa shape index (κ2) is 3.45. The van der Waals surface area contributed by atoms with Gasteiger partial charge in [0.2, 0.25) is 0 Å². The van der Waals surface area contributed by atoms with Crippen LogP contribution in [0.3, 0.4) is 0 Å². The lowest BCUT2D eigenvalue weighted by molar-refractivity contribution is -0.163. The number of aliphatic hydroxyl groups is 1. The van der Waals surface area contributed by atoms with Gasteiger partial charge in [-0.2, -0.15) is 0 Å². The monoisotopic (exact) mass is 236 g/mol. The van der Waals surface area contributed by atoms with Crippen LogP contribution in [0.2, 0.25) is 0 Å². The number of aliphatic carboxylic acids is 1. The van der Waals surface area contributed by atoms with Crippen molar-refractivity contribution in [3.05, 3.63) is 0 Å². The van der Waals surface area contributed by atoms with Gasteiger partial charge in [-0.15, -0.1) is 0 Å². The van der Waals surface area contributed by atoms with Gasteiger partial charge in [0.05, 0.1) is 22.5 Å². The van der Waals surface area contributed by atoms with Crippen molar-refractivity contribution >= 4 is 15.8 Å². The molecule has 1 aliphatic heterocycles. The van der Waals surface area contributed by atoms with E-state index in [-0.39, 0.29) is 12.2 Å². The summed E-state index contributed by atoms with van der Waals surface area (Å²) in [5.41, 5.74) is -3.10. The van der Waals surface area contributed by atoms with Crippen molar-refractivity contribution in [3.63, 3.8) is 0 Å². The van der Waals surface area contributed by atoms with Crippen molar-refractivity contribution in [1.82, 2.24) is 0 Å². The van der Waals surface area contributed by atoms with Gasteiger partial charge >= 0.3 is 5.97 Å². The molecule has 1 rings (SSSR count). The fraction of sp³-hybridized carbons (Fsp3) is 0.889. The Morgan fingerprint density at radius 2 is 1.93 bits per heavy atom. The van der Waals surface area contributed by atoms with E-state index in [0.29, 0.717) is 6.42 Å². The molecule has 0 bridgehead atoms. The number of hydrogen-bond acceptors (Lipinski definition) is 4. The molecule has 15 heavy (non-hydrogen) atoms. The van der Waals surface area contributed by atoms with E-state index in [1.54, 1.807) is 0 Å². The average Bonchev–Trinajstić information content (AvgIpc) is 2.00. The maximum Gasteiger partial charge on any atom is 0.312 e. The molecule has 0 radical (unpaired) electrons. The highest BCUT2D eigenvalue weighted by atomic mass is 32.2. The first kappa shape index (κ1) is 12.4. The molecule has 1 unspecified atom stereocenters. The summed E-state index contributed by atoms with van der Waals surface area (Å²) in [5.74, 6) is -1.60. The molecular formula is C9H16O5S. The molecule has 5 nitrogen and oxygen atoms in total. The molecule has 1 saturated heterocycles. The molecule has 0 aromatic rings. The van der Waals surface area contributed by atoms with Gasteiger partial charge < -0.3 is 10.2 Å². The lowest BCUT2D eigenvalue weighted by atomic mass is 9.73. The minimum atomic E-state index is -3.32. The predicted molar refractivity (Wildman–Crippen MR) is 54.3 cm³/mol. The zero-order valence-corrected chi connectivity index (χ0v) is 9.67. The summed E-state index contributed by atoms with van der Waals surface area (Å²) in [6.07, 6.45) is 0.529. The Morgan fingerprint density at radius 3 is 2.33 bits per heavy atom. The van der Waals surface area contributed by atoms with E-state index >= 15 is 0 Å². The number of rotatable bonds is 2. The van der Waals surface area contributed by atoms with Gasteiger partial charge in [-0.05, 0) is 26.7 Å². The van der Waals surface area contributed by atoms with Crippen LogP contribution in [0.4, 0.5) is 0 Å². The Bertz CT molecular complexity index is 370. The van der Waals surface area contributed by atoms with Crippen molar-refractivity contribution in [3.8, 4) is 0 Å². The highest BCUT2D eigenvalue weighted by Gasteiger charge is 2.52. The SMILES string of the molecule is CC(C)(C(=O)O)C1(O)CCCS(=O)(=O)C1. The molecule has 6 heteroatoms. The number of sulfone groups is 1. The second-order valence-corrected chi connectivity index (χ2v) is 6.84. The summed E-state index contributed by atoms with van der Waals surface area (Å²) in [7, 11) is -3.32. The van der Waals surface area contributed by atoms with Gasteiger partial charge in [0, 0.05) is 0 Å². The summed E-state index contributed by atoms with van der Waals surface area (Å²) < 4.78 is 22.8. The van der Waals surface area contributed by atoms with Crippen molar-refractivity contribution in [2.75, 3.05) is 11.5 Å². The second-order valence-electron chi connectivity index (χ2n) is 4.66. The smallest absolute Gasteiger partial charge is 0.312 e. The lowest BCUT2D eigenvalue weighted by Gasteiger charge is -2.41. The first-order valence-electron chi connectivity index (χ1n) is 4.77. The Morgan fingerprint density at radius 1 is 1.40 bits per heavy atom. The minimum absolute atomic E-state index is 0.0327. The molecule has 2 N–H and O–H groups in total. The molecule has 0 aliphatic carbocycles. The first-order chi connectivity index (χ1) is 6.61. The third-order valence-corrected chi connectivity index (χ3v) is 5.03. The molecule has 1 aliphatic rings. The highest BCUT2D eigenvalue weighted by molar-refractivity contribution is 7.91. The lowest BCUT2D eigenvalue weighted by Crippen LogP contribution is -2.56. The van der Waals surface area contributed by atoms with E-state index in [2.05, 4.69) is 0 Å². The van der Waals surface area contributed by atoms with Crippen LogP contribution in [0.5, 0.6) is 0 Å². The van der Waals surface area contributed by atoms with Crippen LogP contribution < -0.4 is 0 Å². The van der Waals surface area contributed by atoms with Crippen molar-refractivity contribution in [2.24, 2.45) is 5.41 Å². The highest BCUT2D eigenvalue weighted by Crippen LogP contribution is 2.39. The molecule has 0 aromatic carbocycles. The van der Waals surface area contributed by atoms with Crippen molar-refractivity contribution in [1.29, 1.82) is 0 Å². The Balaban J connectivity index is 3.07. The quantitative estimate of drug-likeness (QED) is 0.706. The van der Waals surface area contributed by atoms with Crippen molar-refractivity contribution < 1.29 is 23.4 Å². The number of carboxylic acids is 1. The number of hydrogen-bond donors (Lipinski definition) is 2. The molecule has 0 saturated carbocycles. The van der Waals surface area contributed by atoms with Crippen LogP contribution in [0.15, 0.2) is 0 Å². The standard InChI is InChI=1S/C9H16O5S/c1-8(2,7(10)11)9(12)4-3-5-15(13,14)6-9/h12H,3-6H2,1-2H3,(H,10,11). The Hall–Kier alpha value is -0.620. The third kappa shape index (κ3) is 2.15. The van der Waals surface area contributed by atoms with E-state index in [1.807, 2.05) is 0 Å². The van der Waals surface area contributed by atoms with Gasteiger partial charge in [0.15, 0.2) is 9.84 Å². The minimum Gasteiger partial charge on any atom is -0.481 e. The maximum absolute atomic E-state index is 11.4. The van der Waals surface area contributed by atoms with E-state index < -0.39 is 32.6 Å². The zero-order chi connectivity index (χ0) is 11.9. The maximum atomic E-state index is 11.4. The summed E-state index contributed by atoms with van der Waals surface area (Å²) in [6.45, 7) is 2.71. The Kier molecular flexibility index (Phi) is 2.86. The van der Waals surface area contributed by atoms with Crippen LogP contribution in [0, 0.1) is 5.41 Å². The molecule has 0 spiro atoms. The average molecular weight is 236 g/mol. The van der Waals surface area contributed by atoms with E-state index in [4.69, 9.17) is 5.11 Å². The third-order valence-electron chi connectivity index (χ3n) is 3.20. The van der Waals surface area contributed by atoms with Crippen LogP contribution >= 0.6 is 0 Å². The number of carbonyl (C=O) groups is 1. The molecule has 1 atom stereocenters. The fourth-order valence-electron chi connectivity index (χ4n) is 1.78. The van der Waals surface area contributed by atoms with Crippen LogP contribution in [0.1, 0.15) is 26.7 Å². The largest absolute Gasteiger partial charge is 0.481 e. The molecule has 1 fully saturated rings. The summed E-state index contributed by atoms with van der Waals surface area (Å²) in [6, 6.07) is 0. The number of carboxylic acid groups (broad SMARTS) is 1. The predicted octanol–water partition coefficient (Wildman–Crippen LogP) is 0.0369. The van der Waals surface area contributed by atoms with Crippen LogP contribution in [0.25, 0.3) is 0 Å². The van der Waals surface area contributed by atoms with E-state index in [9.17, 15) is 18.3 Å². The van der Waals surface area contributed by atoms with E-state index in [0.717, 1.165) is 0 Å². The van der Waals surface area contributed by atoms with Gasteiger partial charge in [0.25, 0.3) is 0 Å². The summed E-state index contributed by atoms with van der Waals surface area (Å²) in [5, 5.41) is 19.1. The van der Waals surface area contributed by atoms with E-state index in [1.165, 1.54) is 13.8 Å². The Labute approximate surface area is 89.0 Å². The first-order valence-corrected chi connectivity index (χ1v) is 6.59. The van der Waals surface area contributed by atoms with Gasteiger partial charge in [-0.1, -0.05) is 0 Å². The zero-order valence-electron chi connectivity index (χ0n) is 8.86. The van der Waals surface area contributed by atoms with Gasteiger partial charge in [-0.25, -0.2) is 8.42 Å².